The van der Waals surface area contributed by atoms with Gasteiger partial charge in [-0.25, -0.2) is 14.8 Å². The Labute approximate surface area is 225 Å². The zero-order chi connectivity index (χ0) is 26.4. The summed E-state index contributed by atoms with van der Waals surface area (Å²) in [4.78, 5) is 31.4. The van der Waals surface area contributed by atoms with E-state index in [1.165, 1.54) is 25.7 Å². The van der Waals surface area contributed by atoms with Crippen molar-refractivity contribution in [2.24, 2.45) is 11.8 Å². The molecule has 3 aromatic heterocycles. The Morgan fingerprint density at radius 3 is 2.50 bits per heavy atom. The maximum Gasteiger partial charge on any atom is 0.439 e. The van der Waals surface area contributed by atoms with E-state index in [1.54, 1.807) is 0 Å². The van der Waals surface area contributed by atoms with Crippen LogP contribution in [0.2, 0.25) is 5.02 Å². The van der Waals surface area contributed by atoms with Gasteiger partial charge in [0.05, 0.1) is 25.3 Å². The molecule has 0 radical (unpaired) electrons. The molecule has 1 N–H and O–H groups in total. The summed E-state index contributed by atoms with van der Waals surface area (Å²) in [5, 5.41) is 4.44. The predicted molar refractivity (Wildman–Crippen MR) is 145 cm³/mol. The van der Waals surface area contributed by atoms with E-state index >= 15 is 0 Å². The number of H-pyrrole nitrogens is 1. The number of aromatic nitrogens is 6. The van der Waals surface area contributed by atoms with Gasteiger partial charge in [0, 0.05) is 17.1 Å². The van der Waals surface area contributed by atoms with Gasteiger partial charge in [0.1, 0.15) is 11.2 Å². The van der Waals surface area contributed by atoms with Crippen molar-refractivity contribution in [1.82, 2.24) is 29.7 Å². The van der Waals surface area contributed by atoms with Gasteiger partial charge < -0.3 is 14.2 Å². The molecule has 0 amide bonds. The maximum absolute atomic E-state index is 11.7. The molecule has 0 bridgehead atoms. The second kappa shape index (κ2) is 10.1. The van der Waals surface area contributed by atoms with Gasteiger partial charge in [-0.3, -0.25) is 9.51 Å². The predicted octanol–water partition coefficient (Wildman–Crippen LogP) is 4.93. The number of ether oxygens (including phenoxy) is 1. The first-order valence-corrected chi connectivity index (χ1v) is 13.7. The normalized spacial score (nSPS) is 24.3. The number of nitrogens with zero attached hydrogens (tertiary/aromatic N) is 6. The standard InChI is InChI=1S/C27H32ClN7O3/c1-15-7-9-18(10-8-15)12-34-22-21(19-5-4-6-20(28)11-19)29-24(25-32-27(36)38-33-25)30-23(22)31-26(34)35-16(2)13-37-14-17(35)3/h4-6,11,15-18H,7-10,12-14H2,1-3H3,(H,32,33,36)/t15?,16-,17+,18?. The number of halogens is 1. The molecule has 1 saturated carbocycles. The van der Waals surface area contributed by atoms with Crippen LogP contribution in [0.3, 0.4) is 0 Å². The van der Waals surface area contributed by atoms with E-state index in [0.717, 1.165) is 29.5 Å². The van der Waals surface area contributed by atoms with Gasteiger partial charge in [0.25, 0.3) is 0 Å². The molecule has 11 heteroatoms. The molecule has 6 rings (SSSR count). The zero-order valence-corrected chi connectivity index (χ0v) is 22.6. The smallest absolute Gasteiger partial charge is 0.377 e. The minimum absolute atomic E-state index is 0.148. The van der Waals surface area contributed by atoms with E-state index < -0.39 is 5.76 Å². The van der Waals surface area contributed by atoms with Crippen LogP contribution in [-0.2, 0) is 11.3 Å². The molecule has 1 saturated heterocycles. The third-order valence-corrected chi connectivity index (χ3v) is 8.04. The van der Waals surface area contributed by atoms with Gasteiger partial charge in [-0.2, -0.15) is 4.98 Å². The van der Waals surface area contributed by atoms with Crippen LogP contribution >= 0.6 is 11.6 Å². The van der Waals surface area contributed by atoms with Crippen LogP contribution in [0.1, 0.15) is 46.5 Å². The monoisotopic (exact) mass is 537 g/mol. The van der Waals surface area contributed by atoms with E-state index in [4.69, 9.17) is 35.8 Å². The minimum Gasteiger partial charge on any atom is -0.377 e. The highest BCUT2D eigenvalue weighted by Crippen LogP contribution is 2.37. The average molecular weight is 538 g/mol. The maximum atomic E-state index is 11.7. The van der Waals surface area contributed by atoms with Crippen LogP contribution in [-0.4, -0.2) is 55.0 Å². The summed E-state index contributed by atoms with van der Waals surface area (Å²) < 4.78 is 12.9. The van der Waals surface area contributed by atoms with Gasteiger partial charge in [-0.15, -0.1) is 0 Å². The van der Waals surface area contributed by atoms with Gasteiger partial charge in [-0.1, -0.05) is 48.7 Å². The summed E-state index contributed by atoms with van der Waals surface area (Å²) >= 11 is 6.42. The third kappa shape index (κ3) is 4.71. The second-order valence-electron chi connectivity index (χ2n) is 10.8. The van der Waals surface area contributed by atoms with Crippen molar-refractivity contribution in [3.63, 3.8) is 0 Å². The summed E-state index contributed by atoms with van der Waals surface area (Å²) in [6, 6.07) is 7.90. The molecule has 1 aliphatic carbocycles. The lowest BCUT2D eigenvalue weighted by molar-refractivity contribution is 0.0741. The molecule has 0 spiro atoms. The van der Waals surface area contributed by atoms with Crippen LogP contribution in [0, 0.1) is 11.8 Å². The van der Waals surface area contributed by atoms with Crippen molar-refractivity contribution in [2.45, 2.75) is 65.1 Å². The van der Waals surface area contributed by atoms with Crippen LogP contribution in [0.4, 0.5) is 5.95 Å². The van der Waals surface area contributed by atoms with Crippen molar-refractivity contribution in [3.8, 4) is 22.9 Å². The molecular formula is C27H32ClN7O3. The number of nitrogens with one attached hydrogen (secondary N) is 1. The molecule has 4 heterocycles. The van der Waals surface area contributed by atoms with E-state index in [0.29, 0.717) is 35.5 Å². The van der Waals surface area contributed by atoms with Crippen LogP contribution < -0.4 is 10.7 Å². The molecule has 38 heavy (non-hydrogen) atoms. The molecule has 200 valence electrons. The summed E-state index contributed by atoms with van der Waals surface area (Å²) in [6.07, 6.45) is 4.83. The molecule has 10 nitrogen and oxygen atoms in total. The molecule has 2 atom stereocenters. The molecule has 4 aromatic rings. The minimum atomic E-state index is -0.665. The lowest BCUT2D eigenvalue weighted by Crippen LogP contribution is -2.51. The Balaban J connectivity index is 1.59. The number of imidazole rings is 1. The molecule has 1 aliphatic heterocycles. The first-order valence-electron chi connectivity index (χ1n) is 13.3. The van der Waals surface area contributed by atoms with Crippen LogP contribution in [0.25, 0.3) is 34.1 Å². The van der Waals surface area contributed by atoms with Crippen molar-refractivity contribution in [3.05, 3.63) is 39.8 Å². The highest BCUT2D eigenvalue weighted by Gasteiger charge is 2.33. The average Bonchev–Trinajstić information content (AvgIpc) is 3.48. The highest BCUT2D eigenvalue weighted by atomic mass is 35.5. The first kappa shape index (κ1) is 25.1. The fourth-order valence-corrected chi connectivity index (χ4v) is 6.02. The van der Waals surface area contributed by atoms with E-state index in [9.17, 15) is 4.79 Å². The molecule has 2 fully saturated rings. The van der Waals surface area contributed by atoms with Gasteiger partial charge in [0.15, 0.2) is 5.65 Å². The van der Waals surface area contributed by atoms with E-state index in [2.05, 4.69) is 40.4 Å². The second-order valence-corrected chi connectivity index (χ2v) is 11.2. The summed E-state index contributed by atoms with van der Waals surface area (Å²) in [7, 11) is 0. The number of benzene rings is 1. The third-order valence-electron chi connectivity index (χ3n) is 7.81. The highest BCUT2D eigenvalue weighted by molar-refractivity contribution is 6.30. The van der Waals surface area contributed by atoms with Crippen molar-refractivity contribution in [1.29, 1.82) is 0 Å². The Hall–Kier alpha value is -3.24. The Bertz CT molecular complexity index is 1490. The Morgan fingerprint density at radius 1 is 1.05 bits per heavy atom. The largest absolute Gasteiger partial charge is 0.439 e. The molecule has 2 aliphatic rings. The van der Waals surface area contributed by atoms with Gasteiger partial charge >= 0.3 is 5.76 Å². The summed E-state index contributed by atoms with van der Waals surface area (Å²) in [6.45, 7) is 8.76. The van der Waals surface area contributed by atoms with Gasteiger partial charge in [-0.05, 0) is 50.7 Å². The molecule has 0 unspecified atom stereocenters. The van der Waals surface area contributed by atoms with Crippen LogP contribution in [0.15, 0.2) is 33.6 Å². The van der Waals surface area contributed by atoms with E-state index in [1.807, 2.05) is 24.3 Å². The lowest BCUT2D eigenvalue weighted by atomic mass is 9.83. The number of hydrogen-bond donors (Lipinski definition) is 1. The lowest BCUT2D eigenvalue weighted by Gasteiger charge is -2.40. The summed E-state index contributed by atoms with van der Waals surface area (Å²) in [5.74, 6) is 1.90. The number of aromatic amines is 1. The Kier molecular flexibility index (Phi) is 6.69. The zero-order valence-electron chi connectivity index (χ0n) is 21.9. The summed E-state index contributed by atoms with van der Waals surface area (Å²) in [5.41, 5.74) is 2.91. The number of fused-ring (bicyclic) bond motifs is 1. The van der Waals surface area contributed by atoms with Crippen LogP contribution in [0.5, 0.6) is 0 Å². The quantitative estimate of drug-likeness (QED) is 0.381. The number of morpholine rings is 1. The number of anilines is 1. The van der Waals surface area contributed by atoms with Gasteiger partial charge in [0.2, 0.25) is 17.6 Å². The number of hydrogen-bond acceptors (Lipinski definition) is 8. The molecule has 1 aromatic carbocycles. The molecular weight excluding hydrogens is 506 g/mol. The Morgan fingerprint density at radius 2 is 1.82 bits per heavy atom. The topological polar surface area (TPSA) is 115 Å². The van der Waals surface area contributed by atoms with Crippen molar-refractivity contribution in [2.75, 3.05) is 18.1 Å². The van der Waals surface area contributed by atoms with Crippen molar-refractivity contribution < 1.29 is 9.26 Å². The van der Waals surface area contributed by atoms with E-state index in [-0.39, 0.29) is 23.7 Å². The first-order chi connectivity index (χ1) is 18.4. The SMILES string of the molecule is CC1CCC(Cn2c(N3[C@H](C)COC[C@@H]3C)nc3nc(-c4noc(=O)[nH]4)nc(-c4cccc(Cl)c4)c32)CC1. The fourth-order valence-electron chi connectivity index (χ4n) is 5.83. The number of rotatable bonds is 5. The van der Waals surface area contributed by atoms with Crippen molar-refractivity contribution >= 4 is 28.7 Å². The fraction of sp³-hybridized carbons (Fsp3) is 0.519.